The maximum atomic E-state index is 12.2. The van der Waals surface area contributed by atoms with E-state index in [9.17, 15) is 9.59 Å². The van der Waals surface area contributed by atoms with E-state index in [1.165, 1.54) is 19.1 Å². The Morgan fingerprint density at radius 1 is 1.29 bits per heavy atom. The molecule has 0 spiro atoms. The molecule has 0 radical (unpaired) electrons. The van der Waals surface area contributed by atoms with E-state index in [2.05, 4.69) is 5.32 Å². The second-order valence-corrected chi connectivity index (χ2v) is 4.97. The molecule has 1 aromatic carbocycles. The fraction of sp³-hybridized carbons (Fsp3) is 0.429. The summed E-state index contributed by atoms with van der Waals surface area (Å²) in [4.78, 5) is 25.6. The van der Waals surface area contributed by atoms with Gasteiger partial charge in [-0.3, -0.25) is 14.5 Å². The number of ether oxygens (including phenoxy) is 2. The fourth-order valence-corrected chi connectivity index (χ4v) is 2.59. The largest absolute Gasteiger partial charge is 0.495 e. The lowest BCUT2D eigenvalue weighted by atomic mass is 10.1. The quantitative estimate of drug-likeness (QED) is 0.917. The van der Waals surface area contributed by atoms with E-state index in [0.717, 1.165) is 0 Å². The predicted molar refractivity (Wildman–Crippen MR) is 79.1 cm³/mol. The first-order valence-electron chi connectivity index (χ1n) is 6.54. The van der Waals surface area contributed by atoms with Crippen molar-refractivity contribution in [2.75, 3.05) is 25.7 Å². The Labute approximate surface area is 128 Å². The first-order valence-corrected chi connectivity index (χ1v) is 6.92. The van der Waals surface area contributed by atoms with Gasteiger partial charge in [-0.1, -0.05) is 18.5 Å². The van der Waals surface area contributed by atoms with Crippen LogP contribution in [0.5, 0.6) is 11.5 Å². The van der Waals surface area contributed by atoms with Crippen molar-refractivity contribution in [2.45, 2.75) is 19.4 Å². The van der Waals surface area contributed by atoms with Gasteiger partial charge in [0, 0.05) is 6.07 Å². The highest BCUT2D eigenvalue weighted by Crippen LogP contribution is 2.39. The zero-order chi connectivity index (χ0) is 15.6. The first-order chi connectivity index (χ1) is 10.0. The molecule has 1 atom stereocenters. The van der Waals surface area contributed by atoms with Crippen LogP contribution in [0.1, 0.15) is 13.3 Å². The van der Waals surface area contributed by atoms with Gasteiger partial charge >= 0.3 is 0 Å². The maximum absolute atomic E-state index is 12.2. The van der Waals surface area contributed by atoms with E-state index < -0.39 is 6.04 Å². The second kappa shape index (κ2) is 6.22. The van der Waals surface area contributed by atoms with Crippen LogP contribution in [0.3, 0.4) is 0 Å². The number of methoxy groups -OCH3 is 2. The molecule has 0 saturated carbocycles. The van der Waals surface area contributed by atoms with Crippen LogP contribution in [0.25, 0.3) is 0 Å². The number of hydrogen-bond donors (Lipinski definition) is 1. The topological polar surface area (TPSA) is 67.9 Å². The number of rotatable bonds is 4. The van der Waals surface area contributed by atoms with Crippen LogP contribution in [0.2, 0.25) is 5.02 Å². The lowest BCUT2D eigenvalue weighted by Gasteiger charge is -2.35. The minimum Gasteiger partial charge on any atom is -0.495 e. The van der Waals surface area contributed by atoms with Gasteiger partial charge in [-0.15, -0.1) is 0 Å². The number of nitrogens with zero attached hydrogens (tertiary/aromatic N) is 1. The summed E-state index contributed by atoms with van der Waals surface area (Å²) in [5.41, 5.74) is 0.468. The fourth-order valence-electron chi connectivity index (χ4n) is 2.36. The molecule has 21 heavy (non-hydrogen) atoms. The Kier molecular flexibility index (Phi) is 4.57. The van der Waals surface area contributed by atoms with Crippen molar-refractivity contribution < 1.29 is 19.1 Å². The number of halogens is 1. The van der Waals surface area contributed by atoms with Gasteiger partial charge in [-0.05, 0) is 12.5 Å². The summed E-state index contributed by atoms with van der Waals surface area (Å²) in [6, 6.07) is 2.60. The lowest BCUT2D eigenvalue weighted by molar-refractivity contribution is -0.131. The molecule has 1 heterocycles. The van der Waals surface area contributed by atoms with E-state index in [-0.39, 0.29) is 18.4 Å². The van der Waals surface area contributed by atoms with Gasteiger partial charge in [0.2, 0.25) is 11.8 Å². The summed E-state index contributed by atoms with van der Waals surface area (Å²) < 4.78 is 10.4. The molecular weight excluding hydrogens is 296 g/mol. The molecule has 114 valence electrons. The highest BCUT2D eigenvalue weighted by atomic mass is 35.5. The number of hydrogen-bond acceptors (Lipinski definition) is 4. The van der Waals surface area contributed by atoms with E-state index in [4.69, 9.17) is 21.1 Å². The van der Waals surface area contributed by atoms with Gasteiger partial charge in [0.05, 0.1) is 31.5 Å². The molecule has 1 saturated heterocycles. The van der Waals surface area contributed by atoms with Crippen molar-refractivity contribution >= 4 is 29.1 Å². The summed E-state index contributed by atoms with van der Waals surface area (Å²) >= 11 is 6.13. The Hall–Kier alpha value is -1.95. The van der Waals surface area contributed by atoms with Gasteiger partial charge in [0.25, 0.3) is 0 Å². The number of benzene rings is 1. The average molecular weight is 313 g/mol. The van der Waals surface area contributed by atoms with Crippen LogP contribution < -0.4 is 19.7 Å². The van der Waals surface area contributed by atoms with Crippen molar-refractivity contribution in [2.24, 2.45) is 0 Å². The van der Waals surface area contributed by atoms with Crippen molar-refractivity contribution in [3.63, 3.8) is 0 Å². The predicted octanol–water partition coefficient (Wildman–Crippen LogP) is 1.60. The van der Waals surface area contributed by atoms with Crippen LogP contribution in [-0.2, 0) is 9.59 Å². The Morgan fingerprint density at radius 2 is 1.95 bits per heavy atom. The number of nitrogens with one attached hydrogen (secondary N) is 1. The van der Waals surface area contributed by atoms with Crippen LogP contribution >= 0.6 is 11.6 Å². The van der Waals surface area contributed by atoms with Crippen LogP contribution in [0, 0.1) is 0 Å². The van der Waals surface area contributed by atoms with E-state index in [1.54, 1.807) is 12.1 Å². The van der Waals surface area contributed by atoms with Gasteiger partial charge in [-0.2, -0.15) is 0 Å². The minimum atomic E-state index is -0.579. The summed E-state index contributed by atoms with van der Waals surface area (Å²) in [5.74, 6) is 0.476. The van der Waals surface area contributed by atoms with Crippen molar-refractivity contribution in [3.05, 3.63) is 17.2 Å². The summed E-state index contributed by atoms with van der Waals surface area (Å²) in [7, 11) is 2.98. The minimum absolute atomic E-state index is 0.0395. The molecule has 0 bridgehead atoms. The normalized spacial score (nSPS) is 18.5. The van der Waals surface area contributed by atoms with Crippen LogP contribution in [0.4, 0.5) is 5.69 Å². The molecular formula is C14H17ClN2O4. The average Bonchev–Trinajstić information content (AvgIpc) is 2.49. The highest BCUT2D eigenvalue weighted by Gasteiger charge is 2.36. The molecule has 6 nitrogen and oxygen atoms in total. The third-order valence-electron chi connectivity index (χ3n) is 3.40. The van der Waals surface area contributed by atoms with Gasteiger partial charge < -0.3 is 14.8 Å². The van der Waals surface area contributed by atoms with Crippen molar-refractivity contribution in [1.82, 2.24) is 5.32 Å². The number of anilines is 1. The molecule has 2 rings (SSSR count). The third kappa shape index (κ3) is 2.76. The Balaban J connectivity index is 2.54. The highest BCUT2D eigenvalue weighted by molar-refractivity contribution is 6.32. The number of piperazine rings is 1. The van der Waals surface area contributed by atoms with Crippen LogP contribution in [-0.4, -0.2) is 38.6 Å². The molecule has 2 amide bonds. The lowest BCUT2D eigenvalue weighted by Crippen LogP contribution is -2.58. The smallest absolute Gasteiger partial charge is 0.247 e. The summed E-state index contributed by atoms with van der Waals surface area (Å²) in [6.45, 7) is 1.80. The molecule has 1 unspecified atom stereocenters. The maximum Gasteiger partial charge on any atom is 0.247 e. The third-order valence-corrected chi connectivity index (χ3v) is 3.69. The van der Waals surface area contributed by atoms with E-state index >= 15 is 0 Å². The Bertz CT molecular complexity index is 576. The zero-order valence-electron chi connectivity index (χ0n) is 12.1. The number of carbonyl (C=O) groups is 2. The summed E-state index contributed by atoms with van der Waals surface area (Å²) in [6.07, 6.45) is 0.490. The molecule has 1 aliphatic rings. The first kappa shape index (κ1) is 15.4. The molecule has 1 aromatic rings. The van der Waals surface area contributed by atoms with Gasteiger partial charge in [0.15, 0.2) is 0 Å². The van der Waals surface area contributed by atoms with Gasteiger partial charge in [0.1, 0.15) is 17.5 Å². The zero-order valence-corrected chi connectivity index (χ0v) is 12.9. The SMILES string of the molecule is CCC1C(=O)NCC(=O)N1c1cc(Cl)c(OC)cc1OC. The molecule has 1 aliphatic heterocycles. The number of carbonyl (C=O) groups excluding carboxylic acids is 2. The standard InChI is InChI=1S/C14H17ClN2O4/c1-4-9-14(19)16-7-13(18)17(9)10-5-8(15)11(20-2)6-12(10)21-3/h5-6,9H,4,7H2,1-3H3,(H,16,19). The number of amides is 2. The summed E-state index contributed by atoms with van der Waals surface area (Å²) in [5, 5.41) is 2.93. The molecule has 1 N–H and O–H groups in total. The monoisotopic (exact) mass is 312 g/mol. The molecule has 7 heteroatoms. The van der Waals surface area contributed by atoms with E-state index in [0.29, 0.717) is 28.6 Å². The van der Waals surface area contributed by atoms with Gasteiger partial charge in [-0.25, -0.2) is 0 Å². The molecule has 0 aromatic heterocycles. The van der Waals surface area contributed by atoms with E-state index in [1.807, 2.05) is 6.92 Å². The molecule has 1 fully saturated rings. The van der Waals surface area contributed by atoms with Crippen molar-refractivity contribution in [3.8, 4) is 11.5 Å². The Morgan fingerprint density at radius 3 is 2.52 bits per heavy atom. The van der Waals surface area contributed by atoms with Crippen molar-refractivity contribution in [1.29, 1.82) is 0 Å². The second-order valence-electron chi connectivity index (χ2n) is 4.56. The van der Waals surface area contributed by atoms with Crippen LogP contribution in [0.15, 0.2) is 12.1 Å². The molecule has 0 aliphatic carbocycles.